The molecule has 0 unspecified atom stereocenters. The lowest BCUT2D eigenvalue weighted by Crippen LogP contribution is -2.47. The van der Waals surface area contributed by atoms with E-state index in [1.54, 1.807) is 0 Å². The highest BCUT2D eigenvalue weighted by atomic mass is 16.5. The molecule has 0 atom stereocenters. The Kier molecular flexibility index (Phi) is 9.09. The molecule has 1 aromatic rings. The lowest BCUT2D eigenvalue weighted by atomic mass is 9.96. The average Bonchev–Trinajstić information content (AvgIpc) is 2.79. The Morgan fingerprint density at radius 2 is 1.86 bits per heavy atom. The molecule has 0 aromatic heterocycles. The number of piperazine rings is 1. The lowest BCUT2D eigenvalue weighted by Gasteiger charge is -2.36. The van der Waals surface area contributed by atoms with E-state index in [1.807, 2.05) is 7.05 Å². The van der Waals surface area contributed by atoms with E-state index in [4.69, 9.17) is 4.74 Å². The van der Waals surface area contributed by atoms with Crippen LogP contribution in [-0.4, -0.2) is 88.9 Å². The van der Waals surface area contributed by atoms with Gasteiger partial charge in [-0.15, -0.1) is 0 Å². The van der Waals surface area contributed by atoms with Crippen LogP contribution in [0.4, 0.5) is 5.69 Å². The molecule has 0 saturated carbocycles. The van der Waals surface area contributed by atoms with Gasteiger partial charge in [-0.1, -0.05) is 18.2 Å². The summed E-state index contributed by atoms with van der Waals surface area (Å²) in [6.07, 6.45) is 4.79. The zero-order valence-electron chi connectivity index (χ0n) is 18.4. The number of nitrogens with one attached hydrogen (secondary N) is 1. The number of guanidine groups is 1. The van der Waals surface area contributed by atoms with Crippen molar-refractivity contribution in [3.63, 3.8) is 0 Å². The molecule has 0 amide bonds. The topological polar surface area (TPSA) is 43.3 Å². The van der Waals surface area contributed by atoms with Crippen molar-refractivity contribution in [2.45, 2.75) is 25.7 Å². The second kappa shape index (κ2) is 12.0. The van der Waals surface area contributed by atoms with E-state index >= 15 is 0 Å². The van der Waals surface area contributed by atoms with Crippen molar-refractivity contribution in [3.05, 3.63) is 30.3 Å². The molecule has 29 heavy (non-hydrogen) atoms. The molecule has 6 nitrogen and oxygen atoms in total. The molecule has 0 aliphatic carbocycles. The highest BCUT2D eigenvalue weighted by Gasteiger charge is 2.17. The van der Waals surface area contributed by atoms with Gasteiger partial charge in [0.2, 0.25) is 0 Å². The molecule has 6 heteroatoms. The number of benzene rings is 1. The number of hydrogen-bond donors (Lipinski definition) is 1. The van der Waals surface area contributed by atoms with Crippen LogP contribution in [-0.2, 0) is 4.74 Å². The first-order valence-corrected chi connectivity index (χ1v) is 11.3. The molecule has 1 aromatic carbocycles. The van der Waals surface area contributed by atoms with Crippen molar-refractivity contribution in [1.29, 1.82) is 0 Å². The summed E-state index contributed by atoms with van der Waals surface area (Å²) in [5, 5.41) is 3.55. The van der Waals surface area contributed by atoms with Crippen molar-refractivity contribution in [2.75, 3.05) is 78.0 Å². The van der Waals surface area contributed by atoms with Crippen LogP contribution in [0.5, 0.6) is 0 Å². The summed E-state index contributed by atoms with van der Waals surface area (Å²) in [4.78, 5) is 11.8. The summed E-state index contributed by atoms with van der Waals surface area (Å²) >= 11 is 0. The summed E-state index contributed by atoms with van der Waals surface area (Å²) in [5.74, 6) is 1.82. The minimum absolute atomic E-state index is 0.804. The SMILES string of the molecule is CN=C(NCCCN1CCN(c2ccccc2)CC1)N(C)CCC1CCOCC1. The molecule has 0 radical (unpaired) electrons. The van der Waals surface area contributed by atoms with Crippen molar-refractivity contribution in [2.24, 2.45) is 10.9 Å². The fourth-order valence-electron chi connectivity index (χ4n) is 4.27. The van der Waals surface area contributed by atoms with Crippen LogP contribution in [0, 0.1) is 5.92 Å². The number of ether oxygens (including phenoxy) is 1. The standard InChI is InChI=1S/C23H39N5O/c1-24-23(26(2)14-9-21-10-19-29-20-11-21)25-12-6-13-27-15-17-28(18-16-27)22-7-4-3-5-8-22/h3-5,7-8,21H,6,9-20H2,1-2H3,(H,24,25). The number of para-hydroxylation sites is 1. The van der Waals surface area contributed by atoms with E-state index in [-0.39, 0.29) is 0 Å². The van der Waals surface area contributed by atoms with Gasteiger partial charge in [0.25, 0.3) is 0 Å². The zero-order chi connectivity index (χ0) is 20.3. The maximum Gasteiger partial charge on any atom is 0.193 e. The molecule has 0 spiro atoms. The van der Waals surface area contributed by atoms with E-state index in [0.29, 0.717) is 0 Å². The molecule has 2 aliphatic heterocycles. The second-order valence-corrected chi connectivity index (χ2v) is 8.26. The molecular weight excluding hydrogens is 362 g/mol. The van der Waals surface area contributed by atoms with Gasteiger partial charge in [0.1, 0.15) is 0 Å². The van der Waals surface area contributed by atoms with Gasteiger partial charge >= 0.3 is 0 Å². The largest absolute Gasteiger partial charge is 0.381 e. The Labute approximate surface area is 176 Å². The highest BCUT2D eigenvalue weighted by molar-refractivity contribution is 5.79. The van der Waals surface area contributed by atoms with E-state index in [9.17, 15) is 0 Å². The van der Waals surface area contributed by atoms with Gasteiger partial charge in [-0.2, -0.15) is 0 Å². The van der Waals surface area contributed by atoms with Crippen molar-refractivity contribution in [1.82, 2.24) is 15.1 Å². The Hall–Kier alpha value is -1.79. The number of hydrogen-bond acceptors (Lipinski definition) is 4. The average molecular weight is 402 g/mol. The first-order chi connectivity index (χ1) is 14.3. The van der Waals surface area contributed by atoms with Crippen molar-refractivity contribution < 1.29 is 4.74 Å². The summed E-state index contributed by atoms with van der Waals surface area (Å²) in [7, 11) is 4.04. The third-order valence-electron chi connectivity index (χ3n) is 6.21. The maximum absolute atomic E-state index is 5.46. The zero-order valence-corrected chi connectivity index (χ0v) is 18.4. The molecule has 1 N–H and O–H groups in total. The molecular formula is C23H39N5O. The van der Waals surface area contributed by atoms with Gasteiger partial charge in [-0.3, -0.25) is 9.89 Å². The summed E-state index contributed by atoms with van der Waals surface area (Å²) < 4.78 is 5.46. The van der Waals surface area contributed by atoms with Crippen LogP contribution in [0.2, 0.25) is 0 Å². The van der Waals surface area contributed by atoms with Crippen LogP contribution >= 0.6 is 0 Å². The Bertz CT molecular complexity index is 595. The van der Waals surface area contributed by atoms with Gasteiger partial charge in [0.05, 0.1) is 0 Å². The van der Waals surface area contributed by atoms with Crippen LogP contribution in [0.1, 0.15) is 25.7 Å². The van der Waals surface area contributed by atoms with Crippen LogP contribution in [0.15, 0.2) is 35.3 Å². The maximum atomic E-state index is 5.46. The van der Waals surface area contributed by atoms with E-state index in [2.05, 4.69) is 62.4 Å². The Morgan fingerprint density at radius 3 is 2.55 bits per heavy atom. The number of aliphatic imine (C=N–C) groups is 1. The van der Waals surface area contributed by atoms with Crippen LogP contribution < -0.4 is 10.2 Å². The monoisotopic (exact) mass is 401 g/mol. The minimum Gasteiger partial charge on any atom is -0.381 e. The van der Waals surface area contributed by atoms with Crippen LogP contribution in [0.3, 0.4) is 0 Å². The molecule has 2 saturated heterocycles. The fourth-order valence-corrected chi connectivity index (χ4v) is 4.27. The summed E-state index contributed by atoms with van der Waals surface area (Å²) in [5.41, 5.74) is 1.35. The fraction of sp³-hybridized carbons (Fsp3) is 0.696. The minimum atomic E-state index is 0.804. The second-order valence-electron chi connectivity index (χ2n) is 8.26. The van der Waals surface area contributed by atoms with Gasteiger partial charge in [-0.05, 0) is 50.3 Å². The normalized spacial score (nSPS) is 19.4. The summed E-state index contributed by atoms with van der Waals surface area (Å²) in [6, 6.07) is 10.8. The number of nitrogens with zero attached hydrogens (tertiary/aromatic N) is 4. The van der Waals surface area contributed by atoms with Gasteiger partial charge in [-0.25, -0.2) is 0 Å². The molecule has 0 bridgehead atoms. The molecule has 2 heterocycles. The quantitative estimate of drug-likeness (QED) is 0.412. The number of anilines is 1. The number of rotatable bonds is 8. The smallest absolute Gasteiger partial charge is 0.193 e. The first kappa shape index (κ1) is 21.9. The molecule has 3 rings (SSSR count). The van der Waals surface area contributed by atoms with Crippen molar-refractivity contribution >= 4 is 11.6 Å². The predicted octanol–water partition coefficient (Wildman–Crippen LogP) is 2.52. The van der Waals surface area contributed by atoms with E-state index in [0.717, 1.165) is 77.3 Å². The van der Waals surface area contributed by atoms with Crippen LogP contribution in [0.25, 0.3) is 0 Å². The van der Waals surface area contributed by atoms with Gasteiger partial charge in [0, 0.05) is 72.3 Å². The third kappa shape index (κ3) is 7.19. The Balaban J connectivity index is 1.28. The highest BCUT2D eigenvalue weighted by Crippen LogP contribution is 2.18. The van der Waals surface area contributed by atoms with E-state index < -0.39 is 0 Å². The van der Waals surface area contributed by atoms with Gasteiger partial charge < -0.3 is 19.9 Å². The molecule has 2 fully saturated rings. The predicted molar refractivity (Wildman–Crippen MR) is 122 cm³/mol. The molecule has 162 valence electrons. The van der Waals surface area contributed by atoms with E-state index in [1.165, 1.54) is 24.9 Å². The molecule has 2 aliphatic rings. The first-order valence-electron chi connectivity index (χ1n) is 11.3. The Morgan fingerprint density at radius 1 is 1.14 bits per heavy atom. The summed E-state index contributed by atoms with van der Waals surface area (Å²) in [6.45, 7) is 9.59. The van der Waals surface area contributed by atoms with Gasteiger partial charge in [0.15, 0.2) is 5.96 Å². The lowest BCUT2D eigenvalue weighted by molar-refractivity contribution is 0.0625. The third-order valence-corrected chi connectivity index (χ3v) is 6.21. The van der Waals surface area contributed by atoms with Crippen molar-refractivity contribution in [3.8, 4) is 0 Å².